The molecule has 0 unspecified atom stereocenters. The Labute approximate surface area is 166 Å². The number of aryl methyl sites for hydroxylation is 1. The van der Waals surface area contributed by atoms with Crippen LogP contribution in [-0.4, -0.2) is 27.9 Å². The van der Waals surface area contributed by atoms with Crippen LogP contribution in [0, 0.1) is 19.7 Å². The molecule has 144 valence electrons. The van der Waals surface area contributed by atoms with Crippen molar-refractivity contribution < 1.29 is 18.7 Å². The van der Waals surface area contributed by atoms with Crippen LogP contribution in [0.5, 0.6) is 0 Å². The molecule has 0 saturated carbocycles. The SMILES string of the molecule is Cc1cc(C(=O)COC(=O)c2ccc(Cl)nc2)c(C)n1Cc1ccc(F)cc1. The first-order valence-corrected chi connectivity index (χ1v) is 8.96. The van der Waals surface area contributed by atoms with Gasteiger partial charge in [-0.2, -0.15) is 0 Å². The van der Waals surface area contributed by atoms with Crippen molar-refractivity contribution in [2.24, 2.45) is 0 Å². The number of hydrogen-bond acceptors (Lipinski definition) is 4. The van der Waals surface area contributed by atoms with E-state index in [1.165, 1.54) is 30.5 Å². The summed E-state index contributed by atoms with van der Waals surface area (Å²) in [4.78, 5) is 28.4. The maximum atomic E-state index is 13.1. The molecule has 2 aromatic heterocycles. The van der Waals surface area contributed by atoms with Crippen LogP contribution in [0.4, 0.5) is 4.39 Å². The smallest absolute Gasteiger partial charge is 0.340 e. The third kappa shape index (κ3) is 4.46. The molecule has 0 aliphatic rings. The maximum absolute atomic E-state index is 13.1. The molecular formula is C21H18ClFN2O3. The fraction of sp³-hybridized carbons (Fsp3) is 0.190. The first kappa shape index (κ1) is 19.8. The first-order valence-electron chi connectivity index (χ1n) is 8.58. The number of carbonyl (C=O) groups excluding carboxylic acids is 2. The van der Waals surface area contributed by atoms with E-state index in [1.54, 1.807) is 18.2 Å². The molecule has 3 aromatic rings. The molecular weight excluding hydrogens is 383 g/mol. The van der Waals surface area contributed by atoms with Crippen molar-refractivity contribution in [2.45, 2.75) is 20.4 Å². The van der Waals surface area contributed by atoms with Crippen molar-refractivity contribution in [3.05, 3.63) is 87.7 Å². The quantitative estimate of drug-likeness (QED) is 0.350. The summed E-state index contributed by atoms with van der Waals surface area (Å²) in [6, 6.07) is 10.9. The van der Waals surface area contributed by atoms with Crippen LogP contribution in [0.3, 0.4) is 0 Å². The zero-order valence-corrected chi connectivity index (χ0v) is 16.2. The number of carbonyl (C=O) groups is 2. The number of ether oxygens (including phenoxy) is 1. The zero-order valence-electron chi connectivity index (χ0n) is 15.4. The van der Waals surface area contributed by atoms with Crippen LogP contribution in [0.2, 0.25) is 5.15 Å². The minimum atomic E-state index is -0.641. The summed E-state index contributed by atoms with van der Waals surface area (Å²) in [5, 5.41) is 0.265. The Balaban J connectivity index is 1.69. The van der Waals surface area contributed by atoms with Crippen molar-refractivity contribution in [2.75, 3.05) is 6.61 Å². The van der Waals surface area contributed by atoms with E-state index >= 15 is 0 Å². The second-order valence-corrected chi connectivity index (χ2v) is 6.75. The number of pyridine rings is 1. The number of benzene rings is 1. The summed E-state index contributed by atoms with van der Waals surface area (Å²) in [5.41, 5.74) is 3.28. The highest BCUT2D eigenvalue weighted by molar-refractivity contribution is 6.29. The van der Waals surface area contributed by atoms with E-state index in [4.69, 9.17) is 16.3 Å². The van der Waals surface area contributed by atoms with Crippen LogP contribution in [0.15, 0.2) is 48.7 Å². The Morgan fingerprint density at radius 3 is 2.50 bits per heavy atom. The molecule has 0 spiro atoms. The lowest BCUT2D eigenvalue weighted by atomic mass is 10.1. The lowest BCUT2D eigenvalue weighted by molar-refractivity contribution is 0.0474. The normalized spacial score (nSPS) is 10.7. The molecule has 1 aromatic carbocycles. The van der Waals surface area contributed by atoms with E-state index < -0.39 is 5.97 Å². The van der Waals surface area contributed by atoms with Gasteiger partial charge in [0.1, 0.15) is 11.0 Å². The van der Waals surface area contributed by atoms with E-state index in [1.807, 2.05) is 18.4 Å². The van der Waals surface area contributed by atoms with Crippen molar-refractivity contribution >= 4 is 23.4 Å². The average Bonchev–Trinajstić information content (AvgIpc) is 2.96. The van der Waals surface area contributed by atoms with Crippen molar-refractivity contribution in [1.82, 2.24) is 9.55 Å². The first-order chi connectivity index (χ1) is 13.3. The number of Topliss-reactive ketones (excluding diaryl/α,β-unsaturated/α-hetero) is 1. The zero-order chi connectivity index (χ0) is 20.3. The number of esters is 1. The molecule has 0 amide bonds. The molecule has 7 heteroatoms. The number of halogens is 2. The fourth-order valence-corrected chi connectivity index (χ4v) is 3.00. The summed E-state index contributed by atoms with van der Waals surface area (Å²) in [6.07, 6.45) is 1.30. The molecule has 2 heterocycles. The fourth-order valence-electron chi connectivity index (χ4n) is 2.89. The standard InChI is InChI=1S/C21H18ClFN2O3/c1-13-9-18(14(2)25(13)11-15-3-6-17(23)7-4-15)19(26)12-28-21(27)16-5-8-20(22)24-10-16/h3-10H,11-12H2,1-2H3. The van der Waals surface area contributed by atoms with Gasteiger partial charge in [0.2, 0.25) is 5.78 Å². The molecule has 0 bridgehead atoms. The Morgan fingerprint density at radius 1 is 1.14 bits per heavy atom. The molecule has 0 aliphatic carbocycles. The van der Waals surface area contributed by atoms with Crippen LogP contribution in [-0.2, 0) is 11.3 Å². The Kier molecular flexibility index (Phi) is 5.90. The number of nitrogens with zero attached hydrogens (tertiary/aromatic N) is 2. The second-order valence-electron chi connectivity index (χ2n) is 6.37. The summed E-state index contributed by atoms with van der Waals surface area (Å²) >= 11 is 5.69. The van der Waals surface area contributed by atoms with Gasteiger partial charge in [0.25, 0.3) is 0 Å². The van der Waals surface area contributed by atoms with E-state index in [0.29, 0.717) is 12.1 Å². The van der Waals surface area contributed by atoms with E-state index in [-0.39, 0.29) is 28.9 Å². The maximum Gasteiger partial charge on any atom is 0.340 e. The molecule has 0 aliphatic heterocycles. The van der Waals surface area contributed by atoms with Crippen molar-refractivity contribution in [3.8, 4) is 0 Å². The summed E-state index contributed by atoms with van der Waals surface area (Å²) < 4.78 is 20.1. The highest BCUT2D eigenvalue weighted by Crippen LogP contribution is 2.18. The van der Waals surface area contributed by atoms with Gasteiger partial charge in [-0.3, -0.25) is 4.79 Å². The lowest BCUT2D eigenvalue weighted by Crippen LogP contribution is -2.15. The molecule has 28 heavy (non-hydrogen) atoms. The van der Waals surface area contributed by atoms with Gasteiger partial charge in [-0.25, -0.2) is 14.2 Å². The van der Waals surface area contributed by atoms with E-state index in [9.17, 15) is 14.0 Å². The molecule has 5 nitrogen and oxygen atoms in total. The topological polar surface area (TPSA) is 61.2 Å². The van der Waals surface area contributed by atoms with Crippen LogP contribution < -0.4 is 0 Å². The van der Waals surface area contributed by atoms with Crippen LogP contribution in [0.25, 0.3) is 0 Å². The van der Waals surface area contributed by atoms with Gasteiger partial charge < -0.3 is 9.30 Å². The number of aromatic nitrogens is 2. The molecule has 0 radical (unpaired) electrons. The highest BCUT2D eigenvalue weighted by Gasteiger charge is 2.18. The average molecular weight is 401 g/mol. The predicted octanol–water partition coefficient (Wildman–Crippen LogP) is 4.38. The Morgan fingerprint density at radius 2 is 1.86 bits per heavy atom. The summed E-state index contributed by atoms with van der Waals surface area (Å²) in [6.45, 7) is 3.86. The van der Waals surface area contributed by atoms with Gasteiger partial charge in [0, 0.05) is 29.7 Å². The molecule has 3 rings (SSSR count). The van der Waals surface area contributed by atoms with E-state index in [0.717, 1.165) is 17.0 Å². The predicted molar refractivity (Wildman–Crippen MR) is 103 cm³/mol. The summed E-state index contributed by atoms with van der Waals surface area (Å²) in [7, 11) is 0. The molecule has 0 fully saturated rings. The van der Waals surface area contributed by atoms with Crippen molar-refractivity contribution in [3.63, 3.8) is 0 Å². The number of hydrogen-bond donors (Lipinski definition) is 0. The van der Waals surface area contributed by atoms with Gasteiger partial charge in [-0.15, -0.1) is 0 Å². The van der Waals surface area contributed by atoms with Gasteiger partial charge >= 0.3 is 5.97 Å². The minimum Gasteiger partial charge on any atom is -0.454 e. The Bertz CT molecular complexity index is 1010. The van der Waals surface area contributed by atoms with Gasteiger partial charge in [0.05, 0.1) is 5.56 Å². The number of rotatable bonds is 6. The minimum absolute atomic E-state index is 0.221. The number of ketones is 1. The van der Waals surface area contributed by atoms with Crippen molar-refractivity contribution in [1.29, 1.82) is 0 Å². The monoisotopic (exact) mass is 400 g/mol. The van der Waals surface area contributed by atoms with Crippen LogP contribution >= 0.6 is 11.6 Å². The Hall–Kier alpha value is -2.99. The second kappa shape index (κ2) is 8.35. The third-order valence-electron chi connectivity index (χ3n) is 4.43. The summed E-state index contributed by atoms with van der Waals surface area (Å²) in [5.74, 6) is -1.23. The third-order valence-corrected chi connectivity index (χ3v) is 4.65. The lowest BCUT2D eigenvalue weighted by Gasteiger charge is -2.10. The highest BCUT2D eigenvalue weighted by atomic mass is 35.5. The van der Waals surface area contributed by atoms with Gasteiger partial charge in [0.15, 0.2) is 6.61 Å². The molecule has 0 saturated heterocycles. The van der Waals surface area contributed by atoms with Crippen LogP contribution in [0.1, 0.15) is 37.7 Å². The molecule has 0 N–H and O–H groups in total. The van der Waals surface area contributed by atoms with Gasteiger partial charge in [-0.05, 0) is 49.7 Å². The molecule has 0 atom stereocenters. The van der Waals surface area contributed by atoms with Gasteiger partial charge in [-0.1, -0.05) is 23.7 Å². The largest absolute Gasteiger partial charge is 0.454 e. The van der Waals surface area contributed by atoms with E-state index in [2.05, 4.69) is 4.98 Å².